The first kappa shape index (κ1) is 23.7. The Bertz CT molecular complexity index is 792. The molecule has 0 radical (unpaired) electrons. The van der Waals surface area contributed by atoms with E-state index in [1.807, 2.05) is 18.2 Å². The molecule has 1 aromatic rings. The Hall–Kier alpha value is -1.41. The normalized spacial score (nSPS) is 32.0. The van der Waals surface area contributed by atoms with Gasteiger partial charge in [0.2, 0.25) is 5.91 Å². The van der Waals surface area contributed by atoms with Crippen LogP contribution in [-0.4, -0.2) is 43.4 Å². The van der Waals surface area contributed by atoms with E-state index in [2.05, 4.69) is 38.2 Å². The van der Waals surface area contributed by atoms with Gasteiger partial charge in [-0.15, -0.1) is 0 Å². The van der Waals surface area contributed by atoms with Crippen LogP contribution in [0.25, 0.3) is 0 Å². The quantitative estimate of drug-likeness (QED) is 0.383. The highest BCUT2D eigenvalue weighted by Crippen LogP contribution is 2.65. The summed E-state index contributed by atoms with van der Waals surface area (Å²) in [5.41, 5.74) is 13.0. The van der Waals surface area contributed by atoms with Gasteiger partial charge < -0.3 is 26.1 Å². The summed E-state index contributed by atoms with van der Waals surface area (Å²) >= 11 is 0. The van der Waals surface area contributed by atoms with E-state index in [0.717, 1.165) is 31.6 Å². The molecule has 3 aliphatic carbocycles. The second-order valence-corrected chi connectivity index (χ2v) is 10.9. The second kappa shape index (κ2) is 9.45. The number of nitrogens with two attached hydrogens (primary N) is 2. The molecule has 4 fully saturated rings. The first-order valence-corrected chi connectivity index (χ1v) is 12.4. The Labute approximate surface area is 193 Å². The molecule has 176 valence electrons. The number of benzene rings is 1. The fourth-order valence-electron chi connectivity index (χ4n) is 6.32. The van der Waals surface area contributed by atoms with Crippen LogP contribution in [0.2, 0.25) is 6.32 Å². The summed E-state index contributed by atoms with van der Waals surface area (Å²) in [6.07, 6.45) is 6.20. The third-order valence-electron chi connectivity index (χ3n) is 8.46. The number of nitrogens with one attached hydrogen (secondary N) is 1. The average molecular weight is 441 g/mol. The van der Waals surface area contributed by atoms with Crippen molar-refractivity contribution in [3.05, 3.63) is 35.9 Å². The highest BCUT2D eigenvalue weighted by atomic mass is 16.7. The van der Waals surface area contributed by atoms with E-state index >= 15 is 0 Å². The summed E-state index contributed by atoms with van der Waals surface area (Å²) in [5, 5.41) is 3.20. The van der Waals surface area contributed by atoms with E-state index in [1.54, 1.807) is 0 Å². The van der Waals surface area contributed by atoms with Crippen LogP contribution in [-0.2, 0) is 20.5 Å². The van der Waals surface area contributed by atoms with Crippen molar-refractivity contribution in [2.24, 2.45) is 28.7 Å². The fraction of sp³-hybridized carbons (Fsp3) is 0.720. The van der Waals surface area contributed by atoms with Gasteiger partial charge in [0.15, 0.2) is 0 Å². The van der Waals surface area contributed by atoms with Crippen LogP contribution in [0.1, 0.15) is 58.4 Å². The van der Waals surface area contributed by atoms with E-state index in [4.69, 9.17) is 20.8 Å². The van der Waals surface area contributed by atoms with Gasteiger partial charge in [-0.3, -0.25) is 4.79 Å². The number of rotatable bonds is 10. The van der Waals surface area contributed by atoms with Crippen molar-refractivity contribution in [1.82, 2.24) is 5.32 Å². The van der Waals surface area contributed by atoms with Crippen molar-refractivity contribution in [3.8, 4) is 0 Å². The molecule has 5 rings (SSSR count). The van der Waals surface area contributed by atoms with Crippen molar-refractivity contribution in [3.63, 3.8) is 0 Å². The second-order valence-electron chi connectivity index (χ2n) is 10.9. The van der Waals surface area contributed by atoms with Gasteiger partial charge >= 0.3 is 7.12 Å². The van der Waals surface area contributed by atoms with Crippen LogP contribution in [0.15, 0.2) is 30.3 Å². The molecule has 1 aromatic carbocycles. The molecule has 4 aliphatic rings. The van der Waals surface area contributed by atoms with Crippen molar-refractivity contribution in [1.29, 1.82) is 0 Å². The van der Waals surface area contributed by atoms with Gasteiger partial charge in [-0.25, -0.2) is 0 Å². The molecule has 7 heteroatoms. The van der Waals surface area contributed by atoms with E-state index in [1.165, 1.54) is 12.0 Å². The minimum Gasteiger partial charge on any atom is -0.405 e. The largest absolute Gasteiger partial charge is 0.459 e. The summed E-state index contributed by atoms with van der Waals surface area (Å²) in [4.78, 5) is 12.8. The highest BCUT2D eigenvalue weighted by Gasteiger charge is 2.67. The SMILES string of the molecule is CC1(C)C2CC3OB(C[C@@H](Cc4ccccc4)NC(=O)[C@@H](N)CCCCN)O[C@]3(C)C1C2. The van der Waals surface area contributed by atoms with Gasteiger partial charge in [-0.05, 0) is 68.4 Å². The number of hydrogen-bond donors (Lipinski definition) is 3. The number of unbranched alkanes of at least 4 members (excludes halogenated alkanes) is 1. The van der Waals surface area contributed by atoms with Gasteiger partial charge in [0, 0.05) is 12.4 Å². The number of hydrogen-bond acceptors (Lipinski definition) is 5. The zero-order chi connectivity index (χ0) is 22.9. The van der Waals surface area contributed by atoms with Crippen molar-refractivity contribution >= 4 is 13.0 Å². The minimum atomic E-state index is -0.515. The summed E-state index contributed by atoms with van der Waals surface area (Å²) < 4.78 is 13.0. The Balaban J connectivity index is 1.41. The topological polar surface area (TPSA) is 99.6 Å². The summed E-state index contributed by atoms with van der Waals surface area (Å²) in [7, 11) is -0.303. The van der Waals surface area contributed by atoms with Crippen LogP contribution >= 0.6 is 0 Å². The maximum Gasteiger partial charge on any atom is 0.459 e. The molecule has 0 spiro atoms. The molecule has 1 aliphatic heterocycles. The lowest BCUT2D eigenvalue weighted by Gasteiger charge is -2.64. The Morgan fingerprint density at radius 1 is 1.22 bits per heavy atom. The molecule has 0 aromatic heterocycles. The summed E-state index contributed by atoms with van der Waals surface area (Å²) in [5.74, 6) is 1.15. The Morgan fingerprint density at radius 2 is 1.97 bits per heavy atom. The molecule has 6 nitrogen and oxygen atoms in total. The third-order valence-corrected chi connectivity index (χ3v) is 8.46. The molecular formula is C25H40BN3O3. The standard InChI is InChI=1S/C25H40BN3O3/c1-24(2)18-14-21(24)25(3)22(15-18)31-26(32-25)16-19(13-17-9-5-4-6-10-17)29-23(30)20(28)11-7-8-12-27/h4-6,9-10,18-22H,7-8,11-16,27-28H2,1-3H3,(H,29,30)/t18?,19-,20+,21?,22?,25-/m1/s1. The first-order valence-electron chi connectivity index (χ1n) is 12.4. The molecule has 1 amide bonds. The molecule has 32 heavy (non-hydrogen) atoms. The predicted octanol–water partition coefficient (Wildman–Crippen LogP) is 2.90. The lowest BCUT2D eigenvalue weighted by molar-refractivity contribution is -0.199. The van der Waals surface area contributed by atoms with Gasteiger partial charge in [-0.1, -0.05) is 50.6 Å². The van der Waals surface area contributed by atoms with E-state index < -0.39 is 6.04 Å². The lowest BCUT2D eigenvalue weighted by Crippen LogP contribution is -2.65. The monoisotopic (exact) mass is 441 g/mol. The number of amides is 1. The average Bonchev–Trinajstić information content (AvgIpc) is 3.09. The molecule has 3 unspecified atom stereocenters. The summed E-state index contributed by atoms with van der Waals surface area (Å²) in [6.45, 7) is 7.60. The Morgan fingerprint density at radius 3 is 2.66 bits per heavy atom. The molecule has 1 heterocycles. The maximum absolute atomic E-state index is 12.8. The van der Waals surface area contributed by atoms with Crippen LogP contribution in [0.4, 0.5) is 0 Å². The van der Waals surface area contributed by atoms with E-state index in [-0.39, 0.29) is 30.8 Å². The maximum atomic E-state index is 12.8. The molecule has 3 saturated carbocycles. The molecule has 6 atom stereocenters. The van der Waals surface area contributed by atoms with E-state index in [0.29, 0.717) is 30.6 Å². The van der Waals surface area contributed by atoms with Crippen LogP contribution in [0.3, 0.4) is 0 Å². The summed E-state index contributed by atoms with van der Waals surface area (Å²) in [6, 6.07) is 9.64. The van der Waals surface area contributed by atoms with Crippen LogP contribution in [0, 0.1) is 17.3 Å². The van der Waals surface area contributed by atoms with Gasteiger partial charge in [0.05, 0.1) is 17.7 Å². The van der Waals surface area contributed by atoms with Gasteiger partial charge in [0.1, 0.15) is 0 Å². The number of carbonyl (C=O) groups excluding carboxylic acids is 1. The molecule has 5 N–H and O–H groups in total. The molecular weight excluding hydrogens is 401 g/mol. The molecule has 1 saturated heterocycles. The lowest BCUT2D eigenvalue weighted by atomic mass is 9.43. The number of carbonyl (C=O) groups is 1. The van der Waals surface area contributed by atoms with E-state index in [9.17, 15) is 4.79 Å². The highest BCUT2D eigenvalue weighted by molar-refractivity contribution is 6.45. The molecule has 2 bridgehead atoms. The predicted molar refractivity (Wildman–Crippen MR) is 128 cm³/mol. The third kappa shape index (κ3) is 4.63. The van der Waals surface area contributed by atoms with Gasteiger partial charge in [-0.2, -0.15) is 0 Å². The Kier molecular flexibility index (Phi) is 7.01. The minimum absolute atomic E-state index is 0.0952. The fourth-order valence-corrected chi connectivity index (χ4v) is 6.32. The van der Waals surface area contributed by atoms with Gasteiger partial charge in [0.25, 0.3) is 0 Å². The van der Waals surface area contributed by atoms with Crippen LogP contribution < -0.4 is 16.8 Å². The van der Waals surface area contributed by atoms with Crippen molar-refractivity contribution in [2.75, 3.05) is 6.54 Å². The first-order chi connectivity index (χ1) is 15.2. The van der Waals surface area contributed by atoms with Crippen molar-refractivity contribution in [2.45, 2.75) is 89.4 Å². The zero-order valence-electron chi connectivity index (χ0n) is 19.9. The smallest absolute Gasteiger partial charge is 0.405 e. The zero-order valence-corrected chi connectivity index (χ0v) is 19.9. The van der Waals surface area contributed by atoms with Crippen LogP contribution in [0.5, 0.6) is 0 Å². The van der Waals surface area contributed by atoms with Crippen molar-refractivity contribution < 1.29 is 14.1 Å².